The van der Waals surface area contributed by atoms with Crippen LogP contribution in [0.15, 0.2) is 100 Å². The Hall–Kier alpha value is -2.96. The number of furan rings is 1. The maximum Gasteiger partial charge on any atom is 0.174 e. The third-order valence-electron chi connectivity index (χ3n) is 5.18. The second-order valence-corrected chi connectivity index (χ2v) is 8.34. The van der Waals surface area contributed by atoms with Crippen LogP contribution in [0.1, 0.15) is 23.5 Å². The molecule has 0 amide bonds. The van der Waals surface area contributed by atoms with E-state index in [2.05, 4.69) is 31.1 Å². The molecule has 2 aromatic heterocycles. The van der Waals surface area contributed by atoms with Gasteiger partial charge in [-0.25, -0.2) is 0 Å². The number of nitrogens with zero attached hydrogens (tertiary/aromatic N) is 2. The molecule has 1 aliphatic rings. The number of hydrogen-bond acceptors (Lipinski definition) is 3. The summed E-state index contributed by atoms with van der Waals surface area (Å²) in [7, 11) is 0. The lowest BCUT2D eigenvalue weighted by Crippen LogP contribution is -2.29. The van der Waals surface area contributed by atoms with Gasteiger partial charge in [-0.05, 0) is 60.7 Å². The van der Waals surface area contributed by atoms with E-state index in [0.29, 0.717) is 5.11 Å². The largest absolute Gasteiger partial charge is 0.459 e. The van der Waals surface area contributed by atoms with Gasteiger partial charge in [-0.15, -0.1) is 0 Å². The van der Waals surface area contributed by atoms with Crippen LogP contribution in [-0.2, 0) is 0 Å². The zero-order valence-electron chi connectivity index (χ0n) is 15.9. The minimum Gasteiger partial charge on any atom is -0.459 e. The zero-order chi connectivity index (χ0) is 20.5. The van der Waals surface area contributed by atoms with Crippen LogP contribution in [0.2, 0.25) is 0 Å². The van der Waals surface area contributed by atoms with E-state index in [9.17, 15) is 0 Å². The summed E-state index contributed by atoms with van der Waals surface area (Å²) in [5, 5.41) is 4.10. The Morgan fingerprint density at radius 1 is 0.900 bits per heavy atom. The second kappa shape index (κ2) is 8.05. The highest BCUT2D eigenvalue weighted by molar-refractivity contribution is 9.10. The van der Waals surface area contributed by atoms with E-state index in [1.807, 2.05) is 84.9 Å². The van der Waals surface area contributed by atoms with Gasteiger partial charge < -0.3 is 14.6 Å². The molecule has 1 saturated heterocycles. The van der Waals surface area contributed by atoms with Crippen LogP contribution in [0.4, 0.5) is 5.69 Å². The first-order valence-corrected chi connectivity index (χ1v) is 10.8. The van der Waals surface area contributed by atoms with Crippen LogP contribution in [0.5, 0.6) is 0 Å². The molecule has 4 aromatic rings. The van der Waals surface area contributed by atoms with Crippen LogP contribution in [0.25, 0.3) is 11.3 Å². The maximum absolute atomic E-state index is 6.35. The summed E-state index contributed by atoms with van der Waals surface area (Å²) in [5.41, 5.74) is 2.96. The highest BCUT2D eigenvalue weighted by Crippen LogP contribution is 2.43. The molecule has 1 fully saturated rings. The van der Waals surface area contributed by atoms with Gasteiger partial charge in [0.2, 0.25) is 0 Å². The SMILES string of the molecule is S=C1N[C@H](c2ccccn2)[C@H](c2ccc(-c3ccccc3)o2)N1c1ccc(Br)cc1. The first-order valence-electron chi connectivity index (χ1n) is 9.62. The molecule has 0 saturated carbocycles. The van der Waals surface area contributed by atoms with Gasteiger partial charge in [0, 0.05) is 21.9 Å². The molecule has 0 bridgehead atoms. The number of halogens is 1. The first kappa shape index (κ1) is 19.0. The lowest BCUT2D eigenvalue weighted by Gasteiger charge is -2.26. The molecule has 0 unspecified atom stereocenters. The summed E-state index contributed by atoms with van der Waals surface area (Å²) >= 11 is 9.25. The molecule has 2 aromatic carbocycles. The molecule has 148 valence electrons. The Morgan fingerprint density at radius 3 is 2.40 bits per heavy atom. The minimum atomic E-state index is -0.161. The van der Waals surface area contributed by atoms with Crippen LogP contribution in [0, 0.1) is 0 Å². The predicted octanol–water partition coefficient (Wildman–Crippen LogP) is 6.28. The van der Waals surface area contributed by atoms with Crippen LogP contribution >= 0.6 is 28.1 Å². The van der Waals surface area contributed by atoms with E-state index in [-0.39, 0.29) is 12.1 Å². The molecule has 5 rings (SSSR count). The van der Waals surface area contributed by atoms with E-state index in [0.717, 1.165) is 32.9 Å². The van der Waals surface area contributed by atoms with Crippen LogP contribution in [0.3, 0.4) is 0 Å². The van der Waals surface area contributed by atoms with E-state index in [4.69, 9.17) is 16.6 Å². The number of aromatic nitrogens is 1. The van der Waals surface area contributed by atoms with Gasteiger partial charge >= 0.3 is 0 Å². The Bertz CT molecular complexity index is 1160. The van der Waals surface area contributed by atoms with Crippen molar-refractivity contribution in [3.05, 3.63) is 107 Å². The summed E-state index contributed by atoms with van der Waals surface area (Å²) in [6.07, 6.45) is 1.80. The molecule has 6 heteroatoms. The number of pyridine rings is 1. The maximum atomic E-state index is 6.35. The fourth-order valence-corrected chi connectivity index (χ4v) is 4.40. The molecule has 0 aliphatic carbocycles. The number of nitrogens with one attached hydrogen (secondary N) is 1. The van der Waals surface area contributed by atoms with E-state index in [1.54, 1.807) is 6.20 Å². The fourth-order valence-electron chi connectivity index (χ4n) is 3.79. The van der Waals surface area contributed by atoms with Crippen molar-refractivity contribution in [3.63, 3.8) is 0 Å². The second-order valence-electron chi connectivity index (χ2n) is 7.04. The topological polar surface area (TPSA) is 41.3 Å². The van der Waals surface area contributed by atoms with Crippen molar-refractivity contribution < 1.29 is 4.42 Å². The van der Waals surface area contributed by atoms with E-state index < -0.39 is 0 Å². The normalized spacial score (nSPS) is 18.4. The Balaban J connectivity index is 1.60. The third kappa shape index (κ3) is 3.53. The van der Waals surface area contributed by atoms with Gasteiger partial charge in [0.05, 0.1) is 11.7 Å². The summed E-state index contributed by atoms with van der Waals surface area (Å²) in [6, 6.07) is 27.9. The lowest BCUT2D eigenvalue weighted by molar-refractivity contribution is 0.439. The van der Waals surface area contributed by atoms with E-state index >= 15 is 0 Å². The van der Waals surface area contributed by atoms with Crippen molar-refractivity contribution in [2.45, 2.75) is 12.1 Å². The minimum absolute atomic E-state index is 0.128. The Labute approximate surface area is 188 Å². The predicted molar refractivity (Wildman–Crippen MR) is 126 cm³/mol. The van der Waals surface area contributed by atoms with Gasteiger partial charge in [0.1, 0.15) is 17.6 Å². The molecule has 30 heavy (non-hydrogen) atoms. The summed E-state index contributed by atoms with van der Waals surface area (Å²) in [4.78, 5) is 6.69. The van der Waals surface area contributed by atoms with Crippen molar-refractivity contribution in [3.8, 4) is 11.3 Å². The van der Waals surface area contributed by atoms with Crippen LogP contribution in [-0.4, -0.2) is 10.1 Å². The molecular weight excluding hydrogens is 458 g/mol. The molecular formula is C24H18BrN3OS. The van der Waals surface area contributed by atoms with Crippen molar-refractivity contribution in [2.24, 2.45) is 0 Å². The Morgan fingerprint density at radius 2 is 1.67 bits per heavy atom. The average molecular weight is 476 g/mol. The first-order chi connectivity index (χ1) is 14.7. The number of anilines is 1. The quantitative estimate of drug-likeness (QED) is 0.351. The zero-order valence-corrected chi connectivity index (χ0v) is 18.3. The van der Waals surface area contributed by atoms with Gasteiger partial charge in [0.25, 0.3) is 0 Å². The number of hydrogen-bond donors (Lipinski definition) is 1. The number of thiocarbonyl (C=S) groups is 1. The smallest absolute Gasteiger partial charge is 0.174 e. The molecule has 0 radical (unpaired) electrons. The molecule has 2 atom stereocenters. The monoisotopic (exact) mass is 475 g/mol. The molecule has 1 N–H and O–H groups in total. The fraction of sp³-hybridized carbons (Fsp3) is 0.0833. The number of benzene rings is 2. The standard InChI is InChI=1S/C24H18BrN3OS/c25-17-9-11-18(12-10-17)28-23(22(27-24(28)30)19-8-4-5-15-26-19)21-14-13-20(29-21)16-6-2-1-3-7-16/h1-15,22-23H,(H,27,30)/t22-,23+/m1/s1. The van der Waals surface area contributed by atoms with Crippen molar-refractivity contribution in [1.29, 1.82) is 0 Å². The lowest BCUT2D eigenvalue weighted by atomic mass is 10.0. The van der Waals surface area contributed by atoms with Gasteiger partial charge in [-0.1, -0.05) is 52.3 Å². The molecule has 3 heterocycles. The molecule has 1 aliphatic heterocycles. The molecule has 4 nitrogen and oxygen atoms in total. The summed E-state index contributed by atoms with van der Waals surface area (Å²) in [5.74, 6) is 1.67. The highest BCUT2D eigenvalue weighted by Gasteiger charge is 2.42. The van der Waals surface area contributed by atoms with Crippen molar-refractivity contribution in [2.75, 3.05) is 4.90 Å². The van der Waals surface area contributed by atoms with Crippen LogP contribution < -0.4 is 10.2 Å². The van der Waals surface area contributed by atoms with Gasteiger partial charge in [-0.3, -0.25) is 4.98 Å². The van der Waals surface area contributed by atoms with Crippen molar-refractivity contribution >= 4 is 38.9 Å². The Kier molecular flexibility index (Phi) is 5.11. The summed E-state index contributed by atoms with van der Waals surface area (Å²) < 4.78 is 7.37. The number of rotatable bonds is 4. The van der Waals surface area contributed by atoms with Crippen molar-refractivity contribution in [1.82, 2.24) is 10.3 Å². The third-order valence-corrected chi connectivity index (χ3v) is 6.02. The van der Waals surface area contributed by atoms with E-state index in [1.165, 1.54) is 0 Å². The average Bonchev–Trinajstić information content (AvgIpc) is 3.40. The molecule has 0 spiro atoms. The van der Waals surface area contributed by atoms with Gasteiger partial charge in [0.15, 0.2) is 5.11 Å². The summed E-state index contributed by atoms with van der Waals surface area (Å²) in [6.45, 7) is 0. The van der Waals surface area contributed by atoms with Gasteiger partial charge in [-0.2, -0.15) is 0 Å². The highest BCUT2D eigenvalue weighted by atomic mass is 79.9.